The van der Waals surface area contributed by atoms with Crippen LogP contribution in [-0.2, 0) is 16.6 Å². The molecule has 158 valence electrons. The maximum Gasteiger partial charge on any atom is 0.231 e. The van der Waals surface area contributed by atoms with Crippen molar-refractivity contribution < 1.29 is 9.90 Å². The van der Waals surface area contributed by atoms with Crippen molar-refractivity contribution in [2.45, 2.75) is 31.6 Å². The Morgan fingerprint density at radius 2 is 1.87 bits per heavy atom. The number of hydrogen-bond donors (Lipinski definition) is 1. The third kappa shape index (κ3) is 2.99. The highest BCUT2D eigenvalue weighted by Crippen LogP contribution is 2.46. The number of likely N-dealkylation sites (N-methyl/N-ethyl adjacent to an activating group) is 1. The summed E-state index contributed by atoms with van der Waals surface area (Å²) < 4.78 is 0. The molecule has 1 unspecified atom stereocenters. The maximum absolute atomic E-state index is 13.2. The van der Waals surface area contributed by atoms with Crippen molar-refractivity contribution in [1.29, 1.82) is 0 Å². The standard InChI is InChI=1S/C25H31N3O2/c1-3-28-23-18(7-6-10-22(23)29)15-19(24(28)30)16-27-13-11-25(12-14-27)17-26(2)21-9-5-4-8-20(21)25/h4-10,19,29H,3,11-17H2,1-2H3. The second-order valence-electron chi connectivity index (χ2n) is 9.22. The third-order valence-electron chi connectivity index (χ3n) is 7.48. The number of benzene rings is 2. The fraction of sp³-hybridized carbons (Fsp3) is 0.480. The third-order valence-corrected chi connectivity index (χ3v) is 7.48. The van der Waals surface area contributed by atoms with Gasteiger partial charge in [0.05, 0.1) is 11.6 Å². The minimum Gasteiger partial charge on any atom is -0.506 e. The van der Waals surface area contributed by atoms with Crippen LogP contribution in [0.25, 0.3) is 0 Å². The van der Waals surface area contributed by atoms with E-state index in [1.54, 1.807) is 11.0 Å². The number of para-hydroxylation sites is 2. The number of aromatic hydroxyl groups is 1. The van der Waals surface area contributed by atoms with Crippen molar-refractivity contribution in [3.63, 3.8) is 0 Å². The molecule has 0 aliphatic carbocycles. The molecular formula is C25H31N3O2. The molecule has 1 atom stereocenters. The van der Waals surface area contributed by atoms with Gasteiger partial charge in [-0.3, -0.25) is 4.79 Å². The lowest BCUT2D eigenvalue weighted by Gasteiger charge is -2.42. The van der Waals surface area contributed by atoms with Crippen molar-refractivity contribution in [3.05, 3.63) is 53.6 Å². The first-order valence-electron chi connectivity index (χ1n) is 11.2. The summed E-state index contributed by atoms with van der Waals surface area (Å²) in [5.41, 5.74) is 4.93. The molecule has 3 aliphatic heterocycles. The molecule has 5 rings (SSSR count). The van der Waals surface area contributed by atoms with Crippen molar-refractivity contribution in [2.75, 3.05) is 49.6 Å². The number of carbonyl (C=O) groups is 1. The summed E-state index contributed by atoms with van der Waals surface area (Å²) in [6.07, 6.45) is 3.00. The smallest absolute Gasteiger partial charge is 0.231 e. The molecule has 3 aliphatic rings. The van der Waals surface area contributed by atoms with E-state index in [1.807, 2.05) is 19.1 Å². The fourth-order valence-electron chi connectivity index (χ4n) is 5.98. The summed E-state index contributed by atoms with van der Waals surface area (Å²) in [7, 11) is 2.20. The zero-order valence-corrected chi connectivity index (χ0v) is 18.0. The van der Waals surface area contributed by atoms with Gasteiger partial charge in [-0.15, -0.1) is 0 Å². The first-order chi connectivity index (χ1) is 14.5. The highest BCUT2D eigenvalue weighted by Gasteiger charge is 2.44. The number of carbonyl (C=O) groups excluding carboxylic acids is 1. The Morgan fingerprint density at radius 3 is 2.63 bits per heavy atom. The van der Waals surface area contributed by atoms with Crippen molar-refractivity contribution in [3.8, 4) is 5.75 Å². The monoisotopic (exact) mass is 405 g/mol. The average Bonchev–Trinajstić information content (AvgIpc) is 3.03. The summed E-state index contributed by atoms with van der Waals surface area (Å²) in [4.78, 5) is 19.8. The number of phenols is 1. The largest absolute Gasteiger partial charge is 0.506 e. The van der Waals surface area contributed by atoms with E-state index in [2.05, 4.69) is 41.1 Å². The quantitative estimate of drug-likeness (QED) is 0.850. The number of hydrogen-bond acceptors (Lipinski definition) is 4. The van der Waals surface area contributed by atoms with Gasteiger partial charge < -0.3 is 19.8 Å². The topological polar surface area (TPSA) is 47.0 Å². The van der Waals surface area contributed by atoms with E-state index in [-0.39, 0.29) is 23.0 Å². The first kappa shape index (κ1) is 19.4. The van der Waals surface area contributed by atoms with E-state index >= 15 is 0 Å². The Labute approximate surface area is 178 Å². The predicted molar refractivity (Wildman–Crippen MR) is 120 cm³/mol. The zero-order valence-electron chi connectivity index (χ0n) is 18.0. The van der Waals surface area contributed by atoms with Gasteiger partial charge in [-0.1, -0.05) is 30.3 Å². The number of piperidine rings is 1. The number of anilines is 2. The molecular weight excluding hydrogens is 374 g/mol. The Balaban J connectivity index is 1.30. The summed E-state index contributed by atoms with van der Waals surface area (Å²) in [5.74, 6) is 0.328. The molecule has 1 amide bonds. The van der Waals surface area contributed by atoms with E-state index in [1.165, 1.54) is 11.3 Å². The van der Waals surface area contributed by atoms with Crippen molar-refractivity contribution in [1.82, 2.24) is 4.90 Å². The van der Waals surface area contributed by atoms with Crippen LogP contribution in [0.3, 0.4) is 0 Å². The highest BCUT2D eigenvalue weighted by molar-refractivity contribution is 5.99. The summed E-state index contributed by atoms with van der Waals surface area (Å²) in [5, 5.41) is 10.3. The van der Waals surface area contributed by atoms with Gasteiger partial charge in [0.15, 0.2) is 0 Å². The van der Waals surface area contributed by atoms with Gasteiger partial charge in [-0.2, -0.15) is 0 Å². The van der Waals surface area contributed by atoms with Crippen LogP contribution < -0.4 is 9.80 Å². The van der Waals surface area contributed by atoms with Gasteiger partial charge in [0.2, 0.25) is 5.91 Å². The minimum absolute atomic E-state index is 0.0353. The molecule has 1 saturated heterocycles. The van der Waals surface area contributed by atoms with E-state index in [0.717, 1.165) is 44.6 Å². The minimum atomic E-state index is -0.0353. The lowest BCUT2D eigenvalue weighted by molar-refractivity contribution is -0.123. The molecule has 2 aromatic carbocycles. The van der Waals surface area contributed by atoms with Crippen LogP contribution >= 0.6 is 0 Å². The van der Waals surface area contributed by atoms with Crippen LogP contribution in [0.15, 0.2) is 42.5 Å². The van der Waals surface area contributed by atoms with Crippen molar-refractivity contribution >= 4 is 17.3 Å². The normalized spacial score (nSPS) is 23.0. The molecule has 0 bridgehead atoms. The fourth-order valence-corrected chi connectivity index (χ4v) is 5.98. The van der Waals surface area contributed by atoms with Crippen LogP contribution in [0.5, 0.6) is 5.75 Å². The number of phenolic OH excluding ortho intramolecular Hbond substituents is 1. The molecule has 1 fully saturated rings. The van der Waals surface area contributed by atoms with Crippen LogP contribution in [0, 0.1) is 5.92 Å². The molecule has 5 nitrogen and oxygen atoms in total. The molecule has 0 aromatic heterocycles. The predicted octanol–water partition coefficient (Wildman–Crippen LogP) is 3.40. The van der Waals surface area contributed by atoms with Gasteiger partial charge in [0, 0.05) is 37.8 Å². The lowest BCUT2D eigenvalue weighted by atomic mass is 9.74. The Bertz CT molecular complexity index is 965. The van der Waals surface area contributed by atoms with E-state index in [0.29, 0.717) is 18.7 Å². The number of rotatable bonds is 3. The molecule has 30 heavy (non-hydrogen) atoms. The SMILES string of the molecule is CCN1C(=O)C(CN2CCC3(CC2)CN(C)c2ccccc23)Cc2cccc(O)c21. The Hall–Kier alpha value is -2.53. The van der Waals surface area contributed by atoms with Crippen LogP contribution in [0.1, 0.15) is 30.9 Å². The summed E-state index contributed by atoms with van der Waals surface area (Å²) in [6.45, 7) is 6.54. The van der Waals surface area contributed by atoms with Crippen LogP contribution in [-0.4, -0.2) is 55.7 Å². The van der Waals surface area contributed by atoms with Gasteiger partial charge >= 0.3 is 0 Å². The molecule has 3 heterocycles. The number of amides is 1. The molecule has 5 heteroatoms. The molecule has 0 radical (unpaired) electrons. The number of likely N-dealkylation sites (tertiary alicyclic amines) is 1. The van der Waals surface area contributed by atoms with Gasteiger partial charge in [-0.05, 0) is 62.5 Å². The average molecular weight is 406 g/mol. The second-order valence-corrected chi connectivity index (χ2v) is 9.22. The van der Waals surface area contributed by atoms with Gasteiger partial charge in [-0.25, -0.2) is 0 Å². The zero-order chi connectivity index (χ0) is 20.9. The molecule has 1 N–H and O–H groups in total. The van der Waals surface area contributed by atoms with Gasteiger partial charge in [0.1, 0.15) is 5.75 Å². The maximum atomic E-state index is 13.2. The molecule has 1 spiro atoms. The Morgan fingerprint density at radius 1 is 1.10 bits per heavy atom. The molecule has 2 aromatic rings. The summed E-state index contributed by atoms with van der Waals surface area (Å²) >= 11 is 0. The number of fused-ring (bicyclic) bond motifs is 3. The van der Waals surface area contributed by atoms with E-state index in [9.17, 15) is 9.90 Å². The highest BCUT2D eigenvalue weighted by atomic mass is 16.3. The number of nitrogens with zero attached hydrogens (tertiary/aromatic N) is 3. The first-order valence-corrected chi connectivity index (χ1v) is 11.2. The van der Waals surface area contributed by atoms with E-state index in [4.69, 9.17) is 0 Å². The second kappa shape index (κ2) is 7.31. The molecule has 0 saturated carbocycles. The summed E-state index contributed by atoms with van der Waals surface area (Å²) in [6, 6.07) is 14.5. The van der Waals surface area contributed by atoms with E-state index < -0.39 is 0 Å². The van der Waals surface area contributed by atoms with Crippen molar-refractivity contribution in [2.24, 2.45) is 5.92 Å². The van der Waals surface area contributed by atoms with Crippen LogP contribution in [0.2, 0.25) is 0 Å². The lowest BCUT2D eigenvalue weighted by Crippen LogP contribution is -2.50. The Kier molecular flexibility index (Phi) is 4.73. The van der Waals surface area contributed by atoms with Crippen LogP contribution in [0.4, 0.5) is 11.4 Å². The van der Waals surface area contributed by atoms with Gasteiger partial charge in [0.25, 0.3) is 0 Å².